The maximum atomic E-state index is 12.5. The first-order valence-corrected chi connectivity index (χ1v) is 9.43. The number of aromatic nitrogens is 3. The van der Waals surface area contributed by atoms with E-state index in [2.05, 4.69) is 31.2 Å². The molecule has 0 radical (unpaired) electrons. The summed E-state index contributed by atoms with van der Waals surface area (Å²) in [6, 6.07) is 15.4. The van der Waals surface area contributed by atoms with Crippen LogP contribution in [0.4, 0.5) is 5.82 Å². The minimum atomic E-state index is -0.129. The molecule has 7 heteroatoms. The van der Waals surface area contributed by atoms with Gasteiger partial charge in [0.25, 0.3) is 0 Å². The molecular weight excluding hydrogens is 420 g/mol. The molecular formula is C21H17BrN4O2. The van der Waals surface area contributed by atoms with Gasteiger partial charge in [0.1, 0.15) is 11.6 Å². The molecule has 2 aromatic carbocycles. The van der Waals surface area contributed by atoms with Crippen molar-refractivity contribution in [3.05, 3.63) is 77.2 Å². The van der Waals surface area contributed by atoms with E-state index in [9.17, 15) is 4.79 Å². The SMILES string of the molecule is COc1cccc(CC(=O)Nc2cnc3cnc(-c4cccc(Br)c4)cn23)c1. The van der Waals surface area contributed by atoms with Crippen molar-refractivity contribution in [1.29, 1.82) is 0 Å². The Balaban J connectivity index is 1.58. The maximum Gasteiger partial charge on any atom is 0.229 e. The monoisotopic (exact) mass is 436 g/mol. The van der Waals surface area contributed by atoms with E-state index in [1.807, 2.05) is 59.1 Å². The highest BCUT2D eigenvalue weighted by molar-refractivity contribution is 9.10. The Morgan fingerprint density at radius 2 is 2.00 bits per heavy atom. The van der Waals surface area contributed by atoms with Crippen LogP contribution in [-0.4, -0.2) is 27.4 Å². The van der Waals surface area contributed by atoms with Gasteiger partial charge in [-0.2, -0.15) is 0 Å². The van der Waals surface area contributed by atoms with Crippen LogP contribution >= 0.6 is 15.9 Å². The summed E-state index contributed by atoms with van der Waals surface area (Å²) in [6.07, 6.45) is 5.43. The van der Waals surface area contributed by atoms with Crippen molar-refractivity contribution < 1.29 is 9.53 Å². The minimum Gasteiger partial charge on any atom is -0.497 e. The number of benzene rings is 2. The summed E-state index contributed by atoms with van der Waals surface area (Å²) in [7, 11) is 1.61. The van der Waals surface area contributed by atoms with E-state index in [-0.39, 0.29) is 12.3 Å². The van der Waals surface area contributed by atoms with E-state index in [1.54, 1.807) is 19.5 Å². The number of hydrogen-bond donors (Lipinski definition) is 1. The van der Waals surface area contributed by atoms with Crippen molar-refractivity contribution in [2.75, 3.05) is 12.4 Å². The fourth-order valence-electron chi connectivity index (χ4n) is 2.93. The van der Waals surface area contributed by atoms with Crippen molar-refractivity contribution in [3.63, 3.8) is 0 Å². The smallest absolute Gasteiger partial charge is 0.229 e. The predicted octanol–water partition coefficient (Wildman–Crippen LogP) is 4.35. The van der Waals surface area contributed by atoms with Crippen LogP contribution in [0.5, 0.6) is 5.75 Å². The number of amides is 1. The number of fused-ring (bicyclic) bond motifs is 1. The molecule has 6 nitrogen and oxygen atoms in total. The second-order valence-electron chi connectivity index (χ2n) is 6.23. The average molecular weight is 437 g/mol. The summed E-state index contributed by atoms with van der Waals surface area (Å²) in [4.78, 5) is 21.3. The zero-order valence-electron chi connectivity index (χ0n) is 15.1. The van der Waals surface area contributed by atoms with E-state index < -0.39 is 0 Å². The van der Waals surface area contributed by atoms with Gasteiger partial charge in [-0.3, -0.25) is 14.2 Å². The lowest BCUT2D eigenvalue weighted by Gasteiger charge is -2.08. The predicted molar refractivity (Wildman–Crippen MR) is 111 cm³/mol. The van der Waals surface area contributed by atoms with E-state index >= 15 is 0 Å². The number of hydrogen-bond acceptors (Lipinski definition) is 4. The van der Waals surface area contributed by atoms with Gasteiger partial charge in [0.2, 0.25) is 5.91 Å². The number of ether oxygens (including phenoxy) is 1. The van der Waals surface area contributed by atoms with Crippen molar-refractivity contribution >= 4 is 33.3 Å². The number of methoxy groups -OCH3 is 1. The van der Waals surface area contributed by atoms with Gasteiger partial charge >= 0.3 is 0 Å². The van der Waals surface area contributed by atoms with Crippen LogP contribution in [0.15, 0.2) is 71.6 Å². The fourth-order valence-corrected chi connectivity index (χ4v) is 3.33. The molecule has 4 aromatic rings. The van der Waals surface area contributed by atoms with Crippen molar-refractivity contribution in [3.8, 4) is 17.0 Å². The van der Waals surface area contributed by atoms with Gasteiger partial charge in [-0.1, -0.05) is 40.2 Å². The number of halogens is 1. The first kappa shape index (κ1) is 18.2. The molecule has 4 rings (SSSR count). The molecule has 140 valence electrons. The summed E-state index contributed by atoms with van der Waals surface area (Å²) >= 11 is 3.48. The van der Waals surface area contributed by atoms with Crippen LogP contribution in [0.3, 0.4) is 0 Å². The molecule has 0 atom stereocenters. The van der Waals surface area contributed by atoms with E-state index in [1.165, 1.54) is 0 Å². The summed E-state index contributed by atoms with van der Waals surface area (Å²) in [5.74, 6) is 1.20. The Hall–Kier alpha value is -3.19. The largest absolute Gasteiger partial charge is 0.497 e. The van der Waals surface area contributed by atoms with Crippen molar-refractivity contribution in [2.45, 2.75) is 6.42 Å². The normalized spacial score (nSPS) is 10.8. The molecule has 0 aliphatic rings. The zero-order chi connectivity index (χ0) is 19.5. The van der Waals surface area contributed by atoms with Gasteiger partial charge in [-0.05, 0) is 29.8 Å². The molecule has 1 N–H and O–H groups in total. The van der Waals surface area contributed by atoms with E-state index in [0.717, 1.165) is 27.0 Å². The molecule has 0 aliphatic heterocycles. The summed E-state index contributed by atoms with van der Waals surface area (Å²) in [6.45, 7) is 0. The molecule has 0 saturated heterocycles. The average Bonchev–Trinajstić information content (AvgIpc) is 3.10. The van der Waals surface area contributed by atoms with Gasteiger partial charge in [0, 0.05) is 16.2 Å². The van der Waals surface area contributed by atoms with Crippen LogP contribution in [0.2, 0.25) is 0 Å². The van der Waals surface area contributed by atoms with Crippen LogP contribution < -0.4 is 10.1 Å². The van der Waals surface area contributed by atoms with Crippen molar-refractivity contribution in [1.82, 2.24) is 14.4 Å². The second kappa shape index (κ2) is 7.82. The van der Waals surface area contributed by atoms with Gasteiger partial charge in [0.15, 0.2) is 5.65 Å². The number of imidazole rings is 1. The Labute approximate surface area is 170 Å². The van der Waals surface area contributed by atoms with Crippen LogP contribution in [0.25, 0.3) is 16.9 Å². The molecule has 0 spiro atoms. The quantitative estimate of drug-likeness (QED) is 0.504. The first-order chi connectivity index (χ1) is 13.6. The van der Waals surface area contributed by atoms with Crippen LogP contribution in [0, 0.1) is 0 Å². The summed E-state index contributed by atoms with van der Waals surface area (Å²) in [5.41, 5.74) is 3.30. The van der Waals surface area contributed by atoms with Crippen LogP contribution in [0.1, 0.15) is 5.56 Å². The Bertz CT molecular complexity index is 1160. The van der Waals surface area contributed by atoms with E-state index in [4.69, 9.17) is 4.74 Å². The molecule has 28 heavy (non-hydrogen) atoms. The number of carbonyl (C=O) groups excluding carboxylic acids is 1. The van der Waals surface area contributed by atoms with Crippen LogP contribution in [-0.2, 0) is 11.2 Å². The molecule has 0 bridgehead atoms. The molecule has 0 fully saturated rings. The highest BCUT2D eigenvalue weighted by atomic mass is 79.9. The summed E-state index contributed by atoms with van der Waals surface area (Å²) in [5, 5.41) is 2.92. The molecule has 0 saturated carbocycles. The highest BCUT2D eigenvalue weighted by Gasteiger charge is 2.11. The molecule has 1 amide bonds. The third-order valence-electron chi connectivity index (χ3n) is 4.28. The zero-order valence-corrected chi connectivity index (χ0v) is 16.7. The third kappa shape index (κ3) is 3.89. The van der Waals surface area contributed by atoms with Gasteiger partial charge < -0.3 is 10.1 Å². The fraction of sp³-hybridized carbons (Fsp3) is 0.0952. The number of anilines is 1. The number of nitrogens with zero attached hydrogens (tertiary/aromatic N) is 3. The van der Waals surface area contributed by atoms with Gasteiger partial charge in [-0.25, -0.2) is 4.98 Å². The molecule has 0 unspecified atom stereocenters. The topological polar surface area (TPSA) is 68.5 Å². The number of nitrogens with one attached hydrogen (secondary N) is 1. The number of rotatable bonds is 5. The third-order valence-corrected chi connectivity index (χ3v) is 4.78. The molecule has 0 aliphatic carbocycles. The maximum absolute atomic E-state index is 12.5. The molecule has 2 heterocycles. The van der Waals surface area contributed by atoms with Gasteiger partial charge in [-0.15, -0.1) is 0 Å². The second-order valence-corrected chi connectivity index (χ2v) is 7.15. The standard InChI is InChI=1S/C21H17BrN4O2/c1-28-17-7-2-4-14(8-17)9-21(27)25-20-12-24-19-11-23-18(13-26(19)20)15-5-3-6-16(22)10-15/h2-8,10-13H,9H2,1H3,(H,25,27). The Morgan fingerprint density at radius 3 is 2.82 bits per heavy atom. The highest BCUT2D eigenvalue weighted by Crippen LogP contribution is 2.23. The van der Waals surface area contributed by atoms with Crippen molar-refractivity contribution in [2.24, 2.45) is 0 Å². The first-order valence-electron chi connectivity index (χ1n) is 8.64. The van der Waals surface area contributed by atoms with E-state index in [0.29, 0.717) is 11.5 Å². The molecule has 2 aromatic heterocycles. The lowest BCUT2D eigenvalue weighted by molar-refractivity contribution is -0.115. The Kier molecular flexibility index (Phi) is 5.08. The minimum absolute atomic E-state index is 0.129. The Morgan fingerprint density at radius 1 is 1.14 bits per heavy atom. The van der Waals surface area contributed by atoms with Gasteiger partial charge in [0.05, 0.1) is 31.6 Å². The lowest BCUT2D eigenvalue weighted by atomic mass is 10.1. The number of carbonyl (C=O) groups is 1. The summed E-state index contributed by atoms with van der Waals surface area (Å²) < 4.78 is 8.01. The lowest BCUT2D eigenvalue weighted by Crippen LogP contribution is -2.15.